The van der Waals surface area contributed by atoms with Crippen LogP contribution >= 0.6 is 0 Å². The highest BCUT2D eigenvalue weighted by Crippen LogP contribution is 2.27. The van der Waals surface area contributed by atoms with Crippen molar-refractivity contribution in [1.82, 2.24) is 10.2 Å². The summed E-state index contributed by atoms with van der Waals surface area (Å²) in [6.07, 6.45) is 0.262. The molecule has 0 spiro atoms. The van der Waals surface area contributed by atoms with E-state index < -0.39 is 23.4 Å². The van der Waals surface area contributed by atoms with Crippen molar-refractivity contribution in [2.75, 3.05) is 19.0 Å². The van der Waals surface area contributed by atoms with Gasteiger partial charge in [0, 0.05) is 12.1 Å². The van der Waals surface area contributed by atoms with E-state index in [4.69, 9.17) is 4.74 Å². The molecular formula is C20H21N3O4. The second-order valence-corrected chi connectivity index (χ2v) is 6.56. The summed E-state index contributed by atoms with van der Waals surface area (Å²) in [4.78, 5) is 38.3. The zero-order chi connectivity index (χ0) is 19.4. The number of para-hydroxylation sites is 2. The molecule has 0 aromatic heterocycles. The zero-order valence-electron chi connectivity index (χ0n) is 15.2. The molecule has 4 amide bonds. The van der Waals surface area contributed by atoms with Gasteiger partial charge in [0.2, 0.25) is 5.91 Å². The highest BCUT2D eigenvalue weighted by molar-refractivity contribution is 6.10. The van der Waals surface area contributed by atoms with E-state index in [1.807, 2.05) is 24.3 Å². The lowest BCUT2D eigenvalue weighted by Crippen LogP contribution is -2.46. The fourth-order valence-electron chi connectivity index (χ4n) is 3.11. The molecule has 0 unspecified atom stereocenters. The number of rotatable bonds is 6. The Morgan fingerprint density at radius 3 is 2.48 bits per heavy atom. The topological polar surface area (TPSA) is 87.7 Å². The van der Waals surface area contributed by atoms with Crippen LogP contribution in [0.3, 0.4) is 0 Å². The van der Waals surface area contributed by atoms with E-state index >= 15 is 0 Å². The Morgan fingerprint density at radius 1 is 1.11 bits per heavy atom. The van der Waals surface area contributed by atoms with E-state index in [0.717, 1.165) is 10.5 Å². The van der Waals surface area contributed by atoms with Gasteiger partial charge in [-0.25, -0.2) is 4.79 Å². The van der Waals surface area contributed by atoms with Gasteiger partial charge >= 0.3 is 6.03 Å². The molecule has 0 radical (unpaired) electrons. The number of hydrogen-bond donors (Lipinski definition) is 2. The molecule has 1 aliphatic rings. The Balaban J connectivity index is 1.71. The second kappa shape index (κ2) is 7.49. The maximum Gasteiger partial charge on any atom is 0.325 e. The fraction of sp³-hybridized carbons (Fsp3) is 0.250. The van der Waals surface area contributed by atoms with Crippen LogP contribution in [0.15, 0.2) is 54.6 Å². The number of methoxy groups -OCH3 is 1. The van der Waals surface area contributed by atoms with Crippen LogP contribution in [0, 0.1) is 0 Å². The average Bonchev–Trinajstić information content (AvgIpc) is 2.86. The molecular weight excluding hydrogens is 346 g/mol. The third kappa shape index (κ3) is 3.92. The van der Waals surface area contributed by atoms with Gasteiger partial charge in [-0.05, 0) is 30.7 Å². The Hall–Kier alpha value is -3.35. The van der Waals surface area contributed by atoms with Crippen molar-refractivity contribution in [1.29, 1.82) is 0 Å². The van der Waals surface area contributed by atoms with E-state index in [1.165, 1.54) is 0 Å². The lowest BCUT2D eigenvalue weighted by molar-refractivity contribution is -0.133. The second-order valence-electron chi connectivity index (χ2n) is 6.56. The van der Waals surface area contributed by atoms with Crippen LogP contribution in [-0.2, 0) is 16.0 Å². The number of anilines is 1. The normalized spacial score (nSPS) is 19.0. The molecule has 1 saturated heterocycles. The molecule has 7 heteroatoms. The number of ether oxygens (including phenoxy) is 1. The predicted molar refractivity (Wildman–Crippen MR) is 100 cm³/mol. The molecule has 0 saturated carbocycles. The smallest absolute Gasteiger partial charge is 0.325 e. The monoisotopic (exact) mass is 367 g/mol. The van der Waals surface area contributed by atoms with Crippen LogP contribution < -0.4 is 15.4 Å². The number of hydrogen-bond acceptors (Lipinski definition) is 4. The molecule has 140 valence electrons. The van der Waals surface area contributed by atoms with Crippen molar-refractivity contribution >= 4 is 23.5 Å². The van der Waals surface area contributed by atoms with Crippen molar-refractivity contribution < 1.29 is 19.1 Å². The van der Waals surface area contributed by atoms with E-state index in [0.29, 0.717) is 11.4 Å². The number of nitrogens with one attached hydrogen (secondary N) is 2. The van der Waals surface area contributed by atoms with E-state index in [2.05, 4.69) is 10.6 Å². The number of nitrogens with zero attached hydrogens (tertiary/aromatic N) is 1. The number of urea groups is 1. The maximum atomic E-state index is 12.9. The van der Waals surface area contributed by atoms with Crippen LogP contribution in [0.2, 0.25) is 0 Å². The summed E-state index contributed by atoms with van der Waals surface area (Å²) in [6.45, 7) is 1.30. The minimum absolute atomic E-state index is 0.262. The molecule has 2 aromatic carbocycles. The van der Waals surface area contributed by atoms with Gasteiger partial charge in [-0.15, -0.1) is 0 Å². The number of benzene rings is 2. The standard InChI is InChI=1S/C20H21N3O4/c1-20(12-14-8-6-7-11-16(14)27-2)18(25)23(19(26)22-20)13-17(24)21-15-9-4-3-5-10-15/h3-11H,12-13H2,1-2H3,(H,21,24)(H,22,26)/t20-/m0/s1. The van der Waals surface area contributed by atoms with E-state index in [-0.39, 0.29) is 13.0 Å². The van der Waals surface area contributed by atoms with Crippen molar-refractivity contribution in [3.63, 3.8) is 0 Å². The highest BCUT2D eigenvalue weighted by atomic mass is 16.5. The van der Waals surface area contributed by atoms with Crippen LogP contribution in [0.5, 0.6) is 5.75 Å². The summed E-state index contributed by atoms with van der Waals surface area (Å²) in [6, 6.07) is 15.6. The van der Waals surface area contributed by atoms with E-state index in [1.54, 1.807) is 44.4 Å². The Morgan fingerprint density at radius 2 is 1.78 bits per heavy atom. The Labute approximate surface area is 157 Å². The molecule has 27 heavy (non-hydrogen) atoms. The molecule has 1 atom stereocenters. The van der Waals surface area contributed by atoms with Gasteiger partial charge in [-0.2, -0.15) is 0 Å². The fourth-order valence-corrected chi connectivity index (χ4v) is 3.11. The average molecular weight is 367 g/mol. The van der Waals surface area contributed by atoms with Gasteiger partial charge in [0.05, 0.1) is 7.11 Å². The lowest BCUT2D eigenvalue weighted by Gasteiger charge is -2.22. The third-order valence-corrected chi connectivity index (χ3v) is 4.44. The van der Waals surface area contributed by atoms with Crippen molar-refractivity contribution in [2.45, 2.75) is 18.9 Å². The minimum Gasteiger partial charge on any atom is -0.496 e. The predicted octanol–water partition coefficient (Wildman–Crippen LogP) is 2.19. The Bertz CT molecular complexity index is 869. The lowest BCUT2D eigenvalue weighted by atomic mass is 9.92. The number of imide groups is 1. The largest absolute Gasteiger partial charge is 0.496 e. The molecule has 2 aromatic rings. The molecule has 0 aliphatic carbocycles. The summed E-state index contributed by atoms with van der Waals surface area (Å²) in [7, 11) is 1.55. The summed E-state index contributed by atoms with van der Waals surface area (Å²) in [5, 5.41) is 5.37. The van der Waals surface area contributed by atoms with Crippen LogP contribution in [-0.4, -0.2) is 41.9 Å². The number of carbonyl (C=O) groups excluding carboxylic acids is 3. The summed E-state index contributed by atoms with van der Waals surface area (Å²) in [5.41, 5.74) is 0.261. The summed E-state index contributed by atoms with van der Waals surface area (Å²) in [5.74, 6) is -0.242. The van der Waals surface area contributed by atoms with Crippen molar-refractivity contribution in [3.8, 4) is 5.75 Å². The van der Waals surface area contributed by atoms with Gasteiger partial charge in [-0.3, -0.25) is 14.5 Å². The van der Waals surface area contributed by atoms with Gasteiger partial charge < -0.3 is 15.4 Å². The van der Waals surface area contributed by atoms with Crippen LogP contribution in [0.1, 0.15) is 12.5 Å². The third-order valence-electron chi connectivity index (χ3n) is 4.44. The zero-order valence-corrected chi connectivity index (χ0v) is 15.2. The minimum atomic E-state index is -1.14. The van der Waals surface area contributed by atoms with Crippen molar-refractivity contribution in [3.05, 3.63) is 60.2 Å². The van der Waals surface area contributed by atoms with Crippen LogP contribution in [0.25, 0.3) is 0 Å². The molecule has 3 rings (SSSR count). The summed E-state index contributed by atoms with van der Waals surface area (Å²) >= 11 is 0. The maximum absolute atomic E-state index is 12.9. The molecule has 2 N–H and O–H groups in total. The van der Waals surface area contributed by atoms with Gasteiger partial charge in [0.1, 0.15) is 17.8 Å². The van der Waals surface area contributed by atoms with Gasteiger partial charge in [-0.1, -0.05) is 36.4 Å². The quantitative estimate of drug-likeness (QED) is 0.766. The number of amides is 4. The van der Waals surface area contributed by atoms with Gasteiger partial charge in [0.15, 0.2) is 0 Å². The molecule has 1 aliphatic heterocycles. The molecule has 1 fully saturated rings. The first kappa shape index (κ1) is 18.4. The summed E-state index contributed by atoms with van der Waals surface area (Å²) < 4.78 is 5.32. The van der Waals surface area contributed by atoms with Crippen molar-refractivity contribution in [2.24, 2.45) is 0 Å². The van der Waals surface area contributed by atoms with Crippen LogP contribution in [0.4, 0.5) is 10.5 Å². The first-order valence-electron chi connectivity index (χ1n) is 8.54. The first-order chi connectivity index (χ1) is 12.9. The molecule has 1 heterocycles. The molecule has 7 nitrogen and oxygen atoms in total. The highest BCUT2D eigenvalue weighted by Gasteiger charge is 2.48. The molecule has 0 bridgehead atoms. The number of carbonyl (C=O) groups is 3. The van der Waals surface area contributed by atoms with Gasteiger partial charge in [0.25, 0.3) is 5.91 Å². The first-order valence-corrected chi connectivity index (χ1v) is 8.54. The Kier molecular flexibility index (Phi) is 5.12. The SMILES string of the molecule is COc1ccccc1C[C@]1(C)NC(=O)N(CC(=O)Nc2ccccc2)C1=O. The van der Waals surface area contributed by atoms with E-state index in [9.17, 15) is 14.4 Å².